The lowest BCUT2D eigenvalue weighted by molar-refractivity contribution is -0.108. The highest BCUT2D eigenvalue weighted by molar-refractivity contribution is 5.86. The number of rotatable bonds is 9. The van der Waals surface area contributed by atoms with Crippen LogP contribution in [0.25, 0.3) is 10.9 Å². The normalized spacial score (nSPS) is 27.5. The van der Waals surface area contributed by atoms with Gasteiger partial charge in [-0.05, 0) is 55.5 Å². The quantitative estimate of drug-likeness (QED) is 0.249. The Hall–Kier alpha value is -3.66. The average molecular weight is 707 g/mol. The van der Waals surface area contributed by atoms with Crippen molar-refractivity contribution in [1.29, 1.82) is 0 Å². The Morgan fingerprint density at radius 2 is 2.02 bits per heavy atom. The Bertz CT molecular complexity index is 1900. The van der Waals surface area contributed by atoms with Crippen molar-refractivity contribution in [3.05, 3.63) is 93.4 Å². The van der Waals surface area contributed by atoms with E-state index in [0.29, 0.717) is 23.3 Å². The van der Waals surface area contributed by atoms with Gasteiger partial charge in [-0.3, -0.25) is 24.2 Å². The summed E-state index contributed by atoms with van der Waals surface area (Å²) in [7, 11) is 3.31. The summed E-state index contributed by atoms with van der Waals surface area (Å²) >= 11 is 0. The number of aromatic amines is 1. The van der Waals surface area contributed by atoms with E-state index in [1.54, 1.807) is 31.3 Å². The van der Waals surface area contributed by atoms with Gasteiger partial charge in [0.1, 0.15) is 23.8 Å². The highest BCUT2D eigenvalue weighted by Gasteiger charge is 2.54. The summed E-state index contributed by atoms with van der Waals surface area (Å²) in [5.41, 5.74) is -0.801. The minimum atomic E-state index is -1.11. The molecule has 7 heterocycles. The Morgan fingerprint density at radius 1 is 1.21 bits per heavy atom. The van der Waals surface area contributed by atoms with Gasteiger partial charge in [0.05, 0.1) is 37.7 Å². The third kappa shape index (κ3) is 5.73. The van der Waals surface area contributed by atoms with E-state index in [4.69, 9.17) is 19.3 Å². The molecule has 4 aliphatic rings. The lowest BCUT2D eigenvalue weighted by atomic mass is 9.68. The fraction of sp³-hybridized carbons (Fsp3) is 0.469. The second kappa shape index (κ2) is 14.1. The fourth-order valence-corrected chi connectivity index (χ4v) is 7.79. The molecule has 8 atom stereocenters. The molecule has 2 N–H and O–H groups in total. The van der Waals surface area contributed by atoms with Crippen LogP contribution in [0.3, 0.4) is 0 Å². The first-order valence-electron chi connectivity index (χ1n) is 15.4. The molecule has 2 bridgehead atoms. The summed E-state index contributed by atoms with van der Waals surface area (Å²) in [6, 6.07) is 7.04. The van der Waals surface area contributed by atoms with Crippen molar-refractivity contribution in [1.82, 2.24) is 34.4 Å². The van der Waals surface area contributed by atoms with Crippen LogP contribution >= 0.6 is 24.8 Å². The standard InChI is InChI=1S/C32H36FN7O6.2ClH/c1-4-18-14-38-10-8-19(18)11-28(38)32(45-3,22-7-9-34-24-6-5-20(44-2)12-21(22)24)27-16-40(37-36-27)25-13-29(46-26(25)17-41)39-15-23(33)30(42)35-31(39)43;;/h4-7,9,12,15-16,18-19,25-26,28-29,41H,1,8,10-11,13-14,17H2,2-3H3,(H,35,42,43);2*1H. The summed E-state index contributed by atoms with van der Waals surface area (Å²) in [5.74, 6) is 0.375. The lowest BCUT2D eigenvalue weighted by Gasteiger charge is -2.55. The molecule has 16 heteroatoms. The number of aliphatic hydroxyl groups is 1. The molecule has 0 radical (unpaired) electrons. The molecule has 8 unspecified atom stereocenters. The smallest absolute Gasteiger partial charge is 0.330 e. The molecule has 13 nitrogen and oxygen atoms in total. The largest absolute Gasteiger partial charge is 0.497 e. The van der Waals surface area contributed by atoms with Crippen molar-refractivity contribution in [3.8, 4) is 5.75 Å². The van der Waals surface area contributed by atoms with Crippen LogP contribution in [0, 0.1) is 17.7 Å². The number of nitrogens with one attached hydrogen (secondary N) is 1. The van der Waals surface area contributed by atoms with Gasteiger partial charge < -0.3 is 19.3 Å². The predicted octanol–water partition coefficient (Wildman–Crippen LogP) is 2.98. The third-order valence-corrected chi connectivity index (χ3v) is 10.1. The molecule has 0 saturated carbocycles. The average Bonchev–Trinajstić information content (AvgIpc) is 3.75. The number of benzene rings is 1. The summed E-state index contributed by atoms with van der Waals surface area (Å²) in [6.07, 6.45) is 6.78. The van der Waals surface area contributed by atoms with Crippen LogP contribution in [0.5, 0.6) is 5.75 Å². The van der Waals surface area contributed by atoms with Crippen LogP contribution in [-0.2, 0) is 15.1 Å². The number of H-pyrrole nitrogens is 1. The second-order valence-corrected chi connectivity index (χ2v) is 12.2. The fourth-order valence-electron chi connectivity index (χ4n) is 7.79. The molecule has 4 aliphatic heterocycles. The molecule has 258 valence electrons. The Morgan fingerprint density at radius 3 is 2.71 bits per heavy atom. The molecule has 4 aromatic rings. The zero-order chi connectivity index (χ0) is 32.2. The molecule has 0 aliphatic carbocycles. The van der Waals surface area contributed by atoms with Gasteiger partial charge in [0.2, 0.25) is 5.82 Å². The maximum absolute atomic E-state index is 14.1. The summed E-state index contributed by atoms with van der Waals surface area (Å²) in [6.45, 7) is 5.46. The third-order valence-electron chi connectivity index (χ3n) is 10.1. The Labute approximate surface area is 287 Å². The number of ether oxygens (including phenoxy) is 3. The van der Waals surface area contributed by atoms with E-state index in [2.05, 4.69) is 27.8 Å². The topological polar surface area (TPSA) is 150 Å². The van der Waals surface area contributed by atoms with E-state index >= 15 is 0 Å². The Kier molecular flexibility index (Phi) is 10.4. The van der Waals surface area contributed by atoms with Gasteiger partial charge in [-0.15, -0.1) is 36.5 Å². The number of nitrogens with zero attached hydrogens (tertiary/aromatic N) is 6. The van der Waals surface area contributed by atoms with Crippen LogP contribution in [-0.4, -0.2) is 85.6 Å². The number of hydrogen-bond donors (Lipinski definition) is 2. The van der Waals surface area contributed by atoms with Gasteiger partial charge in [0, 0.05) is 43.3 Å². The predicted molar refractivity (Wildman–Crippen MR) is 178 cm³/mol. The number of methoxy groups -OCH3 is 2. The zero-order valence-electron chi connectivity index (χ0n) is 26.4. The number of halogens is 3. The van der Waals surface area contributed by atoms with E-state index in [9.17, 15) is 19.1 Å². The molecule has 48 heavy (non-hydrogen) atoms. The molecular formula is C32H38Cl2FN7O6. The summed E-state index contributed by atoms with van der Waals surface area (Å²) in [5, 5.41) is 20.3. The van der Waals surface area contributed by atoms with Gasteiger partial charge in [0.25, 0.3) is 5.56 Å². The highest BCUT2D eigenvalue weighted by Crippen LogP contribution is 2.49. The van der Waals surface area contributed by atoms with E-state index in [-0.39, 0.29) is 43.9 Å². The highest BCUT2D eigenvalue weighted by atomic mass is 35.5. The van der Waals surface area contributed by atoms with Crippen LogP contribution < -0.4 is 16.0 Å². The van der Waals surface area contributed by atoms with Crippen molar-refractivity contribution in [2.24, 2.45) is 11.8 Å². The molecule has 0 spiro atoms. The molecule has 1 aromatic carbocycles. The maximum Gasteiger partial charge on any atom is 0.330 e. The summed E-state index contributed by atoms with van der Waals surface area (Å²) < 4.78 is 34.9. The molecular weight excluding hydrogens is 668 g/mol. The van der Waals surface area contributed by atoms with Gasteiger partial charge >= 0.3 is 5.69 Å². The monoisotopic (exact) mass is 705 g/mol. The number of fused-ring (bicyclic) bond motifs is 4. The SMILES string of the molecule is C=CC1CN2CCC1CC2C(OC)(c1cn(C2CC(n3cc(F)c(=O)[nH]c3=O)OC2CO)nn1)c1ccnc2ccc(OC)cc12.Cl.Cl. The van der Waals surface area contributed by atoms with Gasteiger partial charge in [-0.25, -0.2) is 9.48 Å². The van der Waals surface area contributed by atoms with Crippen molar-refractivity contribution in [3.63, 3.8) is 0 Å². The van der Waals surface area contributed by atoms with Crippen molar-refractivity contribution >= 4 is 35.7 Å². The summed E-state index contributed by atoms with van der Waals surface area (Å²) in [4.78, 5) is 33.1. The molecule has 3 aromatic heterocycles. The molecule has 8 rings (SSSR count). The Balaban J connectivity index is 0.00000225. The van der Waals surface area contributed by atoms with Crippen molar-refractivity contribution in [2.75, 3.05) is 33.9 Å². The molecule has 0 amide bonds. The van der Waals surface area contributed by atoms with E-state index in [0.717, 1.165) is 53.2 Å². The van der Waals surface area contributed by atoms with Crippen LogP contribution in [0.2, 0.25) is 0 Å². The van der Waals surface area contributed by atoms with E-state index in [1.165, 1.54) is 0 Å². The second-order valence-electron chi connectivity index (χ2n) is 12.2. The first-order chi connectivity index (χ1) is 22.3. The number of piperidine rings is 3. The van der Waals surface area contributed by atoms with Crippen LogP contribution in [0.1, 0.15) is 42.8 Å². The van der Waals surface area contributed by atoms with Gasteiger partial charge in [-0.1, -0.05) is 11.3 Å². The number of hydrogen-bond acceptors (Lipinski definition) is 10. The number of aliphatic hydroxyl groups excluding tert-OH is 1. The van der Waals surface area contributed by atoms with Crippen LogP contribution in [0.15, 0.2) is 65.1 Å². The number of aromatic nitrogens is 6. The first-order valence-corrected chi connectivity index (χ1v) is 15.4. The van der Waals surface area contributed by atoms with E-state index in [1.807, 2.05) is 29.2 Å². The van der Waals surface area contributed by atoms with Gasteiger partial charge in [0.15, 0.2) is 5.60 Å². The van der Waals surface area contributed by atoms with E-state index < -0.39 is 41.0 Å². The minimum Gasteiger partial charge on any atom is -0.497 e. The number of pyridine rings is 1. The molecule has 4 saturated heterocycles. The van der Waals surface area contributed by atoms with Crippen molar-refractivity contribution < 1.29 is 23.7 Å². The van der Waals surface area contributed by atoms with Crippen molar-refractivity contribution in [2.45, 2.75) is 49.3 Å². The van der Waals surface area contributed by atoms with Gasteiger partial charge in [-0.2, -0.15) is 4.39 Å². The maximum atomic E-state index is 14.1. The zero-order valence-corrected chi connectivity index (χ0v) is 28.0. The van der Waals surface area contributed by atoms with Crippen LogP contribution in [0.4, 0.5) is 4.39 Å². The lowest BCUT2D eigenvalue weighted by Crippen LogP contribution is -2.61. The first kappa shape index (κ1) is 35.6. The minimum absolute atomic E-state index is 0. The molecule has 4 fully saturated rings.